The molecule has 1 aromatic carbocycles. The van der Waals surface area contributed by atoms with Crippen LogP contribution in [0.2, 0.25) is 0 Å². The van der Waals surface area contributed by atoms with Gasteiger partial charge in [0.2, 0.25) is 7.37 Å². The minimum Gasteiger partial charge on any atom is -0.380 e. The van der Waals surface area contributed by atoms with E-state index in [0.717, 1.165) is 12.0 Å². The van der Waals surface area contributed by atoms with Crippen molar-refractivity contribution in [2.45, 2.75) is 82.4 Å². The first-order valence-electron chi connectivity index (χ1n) is 10.3. The van der Waals surface area contributed by atoms with Gasteiger partial charge >= 0.3 is 0 Å². The third-order valence-corrected chi connectivity index (χ3v) is 8.30. The van der Waals surface area contributed by atoms with E-state index in [0.29, 0.717) is 13.0 Å². The lowest BCUT2D eigenvalue weighted by Gasteiger charge is -2.41. The van der Waals surface area contributed by atoms with Gasteiger partial charge in [-0.2, -0.15) is 0 Å². The fourth-order valence-corrected chi connectivity index (χ4v) is 6.78. The molecule has 0 aromatic heterocycles. The number of fused-ring (bicyclic) bond motifs is 1. The van der Waals surface area contributed by atoms with Gasteiger partial charge in [-0.3, -0.25) is 4.57 Å². The molecular formula is C21H31O7P. The molecule has 3 aliphatic rings. The lowest BCUT2D eigenvalue weighted by atomic mass is 10.0. The summed E-state index contributed by atoms with van der Waals surface area (Å²) < 4.78 is 43.5. The van der Waals surface area contributed by atoms with E-state index >= 15 is 0 Å². The molecule has 0 bridgehead atoms. The molecule has 3 heterocycles. The van der Waals surface area contributed by atoms with E-state index in [1.54, 1.807) is 13.8 Å². The van der Waals surface area contributed by atoms with Crippen molar-refractivity contribution in [1.82, 2.24) is 0 Å². The van der Waals surface area contributed by atoms with E-state index in [1.807, 2.05) is 44.2 Å². The minimum absolute atomic E-state index is 0.267. The third kappa shape index (κ3) is 4.47. The lowest BCUT2D eigenvalue weighted by Crippen LogP contribution is -2.54. The molecule has 0 radical (unpaired) electrons. The number of hydrogen-bond donors (Lipinski definition) is 1. The van der Waals surface area contributed by atoms with Crippen molar-refractivity contribution in [2.75, 3.05) is 12.8 Å². The molecule has 6 atom stereocenters. The molecule has 8 heteroatoms. The molecule has 0 saturated carbocycles. The molecule has 0 unspecified atom stereocenters. The summed E-state index contributed by atoms with van der Waals surface area (Å²) in [4.78, 5) is 0. The van der Waals surface area contributed by atoms with Gasteiger partial charge < -0.3 is 28.6 Å². The highest BCUT2D eigenvalue weighted by molar-refractivity contribution is 7.59. The maximum atomic E-state index is 13.7. The zero-order valence-corrected chi connectivity index (χ0v) is 18.3. The lowest BCUT2D eigenvalue weighted by molar-refractivity contribution is -0.174. The number of benzene rings is 1. The Morgan fingerprint density at radius 3 is 2.34 bits per heavy atom. The van der Waals surface area contributed by atoms with E-state index < -0.39 is 49.2 Å². The summed E-state index contributed by atoms with van der Waals surface area (Å²) in [5.74, 6) is -2.87. The number of aryl methyl sites for hydroxylation is 1. The standard InChI is InChI=1S/C21H31O7P/c1-20(2)24-13-15(25-20)16-17-18(27-21(3,4)26-17)19(22)29(23,28-16)12-8-11-14-9-6-5-7-10-14/h5-7,9-10,15-19,22H,8,11-13H2,1-4H3/t15-,16-,17+,18+,19-,29+/m1/s1. The van der Waals surface area contributed by atoms with Crippen LogP contribution in [0.25, 0.3) is 0 Å². The fourth-order valence-electron chi connectivity index (χ4n) is 4.34. The molecule has 3 fully saturated rings. The SMILES string of the molecule is CC1(C)O[C@H]2[C@@H]([C@H]3COC(C)(C)O3)O[P@@](=O)(CCCc3ccccc3)[C@@H](O)[C@H]2O1. The van der Waals surface area contributed by atoms with E-state index in [2.05, 4.69) is 0 Å². The molecule has 7 nitrogen and oxygen atoms in total. The molecule has 0 spiro atoms. The van der Waals surface area contributed by atoms with Crippen LogP contribution in [0, 0.1) is 0 Å². The van der Waals surface area contributed by atoms with Gasteiger partial charge in [0.15, 0.2) is 17.4 Å². The Morgan fingerprint density at radius 2 is 1.69 bits per heavy atom. The highest BCUT2D eigenvalue weighted by Gasteiger charge is 2.61. The number of rotatable bonds is 5. The Labute approximate surface area is 172 Å². The van der Waals surface area contributed by atoms with E-state index in [1.165, 1.54) is 0 Å². The van der Waals surface area contributed by atoms with Crippen LogP contribution < -0.4 is 0 Å². The molecule has 29 heavy (non-hydrogen) atoms. The van der Waals surface area contributed by atoms with Crippen LogP contribution in [0.4, 0.5) is 0 Å². The molecule has 0 aliphatic carbocycles. The summed E-state index contributed by atoms with van der Waals surface area (Å²) in [5, 5.41) is 10.9. The van der Waals surface area contributed by atoms with Crippen molar-refractivity contribution >= 4 is 7.37 Å². The van der Waals surface area contributed by atoms with Crippen LogP contribution in [0.5, 0.6) is 0 Å². The van der Waals surface area contributed by atoms with E-state index in [-0.39, 0.29) is 6.16 Å². The van der Waals surface area contributed by atoms with Crippen molar-refractivity contribution < 1.29 is 33.1 Å². The van der Waals surface area contributed by atoms with Crippen molar-refractivity contribution in [3.8, 4) is 0 Å². The number of aliphatic hydroxyl groups excluding tert-OH is 1. The molecular weight excluding hydrogens is 395 g/mol. The van der Waals surface area contributed by atoms with E-state index in [9.17, 15) is 9.67 Å². The highest BCUT2D eigenvalue weighted by atomic mass is 31.2. The number of ether oxygens (including phenoxy) is 4. The van der Waals surface area contributed by atoms with Gasteiger partial charge in [0, 0.05) is 6.16 Å². The average molecular weight is 426 g/mol. The van der Waals surface area contributed by atoms with Crippen LogP contribution in [0.15, 0.2) is 30.3 Å². The van der Waals surface area contributed by atoms with Crippen LogP contribution >= 0.6 is 7.37 Å². The van der Waals surface area contributed by atoms with Gasteiger partial charge in [-0.15, -0.1) is 0 Å². The van der Waals surface area contributed by atoms with Crippen LogP contribution in [-0.4, -0.2) is 59.7 Å². The normalized spacial score (nSPS) is 40.7. The Bertz CT molecular complexity index is 766. The van der Waals surface area contributed by atoms with Crippen LogP contribution in [0.1, 0.15) is 39.7 Å². The zero-order valence-electron chi connectivity index (χ0n) is 17.4. The molecule has 4 rings (SSSR count). The summed E-state index contributed by atoms with van der Waals surface area (Å²) in [7, 11) is -3.40. The summed E-state index contributed by atoms with van der Waals surface area (Å²) in [5.41, 5.74) is 1.16. The predicted octanol–water partition coefficient (Wildman–Crippen LogP) is 3.29. The first kappa shape index (κ1) is 21.4. The Hall–Kier alpha value is -0.790. The Balaban J connectivity index is 1.52. The van der Waals surface area contributed by atoms with Crippen LogP contribution in [-0.2, 0) is 34.5 Å². The van der Waals surface area contributed by atoms with Gasteiger partial charge in [-0.1, -0.05) is 30.3 Å². The van der Waals surface area contributed by atoms with Gasteiger partial charge in [-0.25, -0.2) is 0 Å². The molecule has 0 amide bonds. The maximum absolute atomic E-state index is 13.7. The van der Waals surface area contributed by atoms with Gasteiger partial charge in [0.05, 0.1) is 6.61 Å². The van der Waals surface area contributed by atoms with Crippen molar-refractivity contribution in [2.24, 2.45) is 0 Å². The third-order valence-electron chi connectivity index (χ3n) is 5.66. The Kier molecular flexibility index (Phi) is 5.71. The quantitative estimate of drug-likeness (QED) is 0.724. The fraction of sp³-hybridized carbons (Fsp3) is 0.714. The van der Waals surface area contributed by atoms with Crippen molar-refractivity contribution in [1.29, 1.82) is 0 Å². The maximum Gasteiger partial charge on any atom is 0.233 e. The summed E-state index contributed by atoms with van der Waals surface area (Å²) >= 11 is 0. The topological polar surface area (TPSA) is 83.5 Å². The number of hydrogen-bond acceptors (Lipinski definition) is 7. The molecule has 162 valence electrons. The minimum atomic E-state index is -3.40. The second-order valence-corrected chi connectivity index (χ2v) is 11.6. The molecule has 3 saturated heterocycles. The first-order chi connectivity index (χ1) is 13.6. The second-order valence-electron chi connectivity index (χ2n) is 8.95. The smallest absolute Gasteiger partial charge is 0.233 e. The van der Waals surface area contributed by atoms with E-state index in [4.69, 9.17) is 23.5 Å². The largest absolute Gasteiger partial charge is 0.380 e. The second kappa shape index (κ2) is 7.72. The first-order valence-corrected chi connectivity index (χ1v) is 12.1. The zero-order chi connectivity index (χ0) is 20.9. The average Bonchev–Trinajstić information content (AvgIpc) is 3.18. The highest BCUT2D eigenvalue weighted by Crippen LogP contribution is 2.61. The Morgan fingerprint density at radius 1 is 1.00 bits per heavy atom. The van der Waals surface area contributed by atoms with Gasteiger partial charge in [0.25, 0.3) is 0 Å². The van der Waals surface area contributed by atoms with Crippen molar-refractivity contribution in [3.63, 3.8) is 0 Å². The number of aliphatic hydroxyl groups is 1. The summed E-state index contributed by atoms with van der Waals surface area (Å²) in [6.45, 7) is 7.54. The monoisotopic (exact) mass is 426 g/mol. The summed E-state index contributed by atoms with van der Waals surface area (Å²) in [6, 6.07) is 10.0. The van der Waals surface area contributed by atoms with Crippen molar-refractivity contribution in [3.05, 3.63) is 35.9 Å². The summed E-state index contributed by atoms with van der Waals surface area (Å²) in [6.07, 6.45) is -0.695. The molecule has 1 N–H and O–H groups in total. The predicted molar refractivity (Wildman–Crippen MR) is 107 cm³/mol. The van der Waals surface area contributed by atoms with Gasteiger partial charge in [0.1, 0.15) is 24.4 Å². The van der Waals surface area contributed by atoms with Crippen LogP contribution in [0.3, 0.4) is 0 Å². The van der Waals surface area contributed by atoms with Gasteiger partial charge in [-0.05, 0) is 46.1 Å². The molecule has 3 aliphatic heterocycles. The molecule has 1 aromatic rings.